The third kappa shape index (κ3) is 2.12. The van der Waals surface area contributed by atoms with Crippen LogP contribution in [-0.2, 0) is 29.7 Å². The van der Waals surface area contributed by atoms with Gasteiger partial charge in [0.15, 0.2) is 0 Å². The zero-order valence-electron chi connectivity index (χ0n) is 13.6. The predicted molar refractivity (Wildman–Crippen MR) is 86.4 cm³/mol. The van der Waals surface area contributed by atoms with Crippen molar-refractivity contribution in [2.75, 3.05) is 13.7 Å². The molecule has 0 bridgehead atoms. The zero-order valence-corrected chi connectivity index (χ0v) is 13.6. The van der Waals surface area contributed by atoms with Crippen molar-refractivity contribution < 1.29 is 9.53 Å². The van der Waals surface area contributed by atoms with E-state index < -0.39 is 12.0 Å². The molecule has 0 saturated carbocycles. The summed E-state index contributed by atoms with van der Waals surface area (Å²) in [5.41, 5.74) is 11.9. The molecular weight excluding hydrogens is 278 g/mol. The maximum absolute atomic E-state index is 11.9. The van der Waals surface area contributed by atoms with Gasteiger partial charge in [-0.15, -0.1) is 0 Å². The van der Waals surface area contributed by atoms with Gasteiger partial charge < -0.3 is 15.0 Å². The normalized spacial score (nSPS) is 16.0. The first-order chi connectivity index (χ1) is 10.5. The van der Waals surface area contributed by atoms with Crippen LogP contribution in [0.25, 0.3) is 10.9 Å². The van der Waals surface area contributed by atoms with Gasteiger partial charge in [0.1, 0.15) is 6.04 Å². The monoisotopic (exact) mass is 301 g/mol. The van der Waals surface area contributed by atoms with Crippen LogP contribution in [0.1, 0.15) is 35.3 Å². The van der Waals surface area contributed by atoms with Crippen LogP contribution in [0.5, 0.6) is 0 Å². The van der Waals surface area contributed by atoms with Gasteiger partial charge in [-0.3, -0.25) is 9.69 Å². The van der Waals surface area contributed by atoms with Crippen LogP contribution in [0.4, 0.5) is 0 Å². The highest BCUT2D eigenvalue weighted by atomic mass is 16.5. The molecule has 1 aliphatic rings. The first kappa shape index (κ1) is 15.1. The van der Waals surface area contributed by atoms with Gasteiger partial charge in [-0.1, -0.05) is 6.92 Å². The first-order valence-corrected chi connectivity index (χ1v) is 7.64. The number of carbonyl (C=O) groups excluding carboxylic acids is 1. The molecule has 1 aliphatic heterocycles. The molecular formula is C17H23N3O2. The summed E-state index contributed by atoms with van der Waals surface area (Å²) in [6.07, 6.45) is 0. The van der Waals surface area contributed by atoms with Gasteiger partial charge >= 0.3 is 5.97 Å². The number of ether oxygens (including phenoxy) is 1. The van der Waals surface area contributed by atoms with Crippen molar-refractivity contribution >= 4 is 16.9 Å². The molecule has 5 nitrogen and oxygen atoms in total. The quantitative estimate of drug-likeness (QED) is 0.881. The Balaban J connectivity index is 2.18. The second kappa shape index (κ2) is 5.41. The van der Waals surface area contributed by atoms with E-state index in [9.17, 15) is 4.79 Å². The van der Waals surface area contributed by atoms with Gasteiger partial charge in [-0.2, -0.15) is 0 Å². The number of rotatable bonds is 3. The Morgan fingerprint density at radius 3 is 2.59 bits per heavy atom. The summed E-state index contributed by atoms with van der Waals surface area (Å²) in [4.78, 5) is 14.3. The molecule has 0 spiro atoms. The Bertz CT molecular complexity index is 748. The van der Waals surface area contributed by atoms with E-state index in [-0.39, 0.29) is 0 Å². The van der Waals surface area contributed by atoms with Crippen molar-refractivity contribution in [2.45, 2.75) is 33.0 Å². The molecule has 1 aromatic carbocycles. The van der Waals surface area contributed by atoms with Crippen LogP contribution in [0.2, 0.25) is 0 Å². The zero-order chi connectivity index (χ0) is 16.0. The fraction of sp³-hybridized carbons (Fsp3) is 0.471. The molecule has 2 heterocycles. The van der Waals surface area contributed by atoms with E-state index in [4.69, 9.17) is 10.5 Å². The molecule has 0 radical (unpaired) electrons. The molecule has 0 fully saturated rings. The summed E-state index contributed by atoms with van der Waals surface area (Å²) in [5, 5.41) is 1.06. The van der Waals surface area contributed by atoms with E-state index >= 15 is 0 Å². The lowest BCUT2D eigenvalue weighted by molar-refractivity contribution is -0.142. The van der Waals surface area contributed by atoms with Crippen molar-refractivity contribution in [2.24, 2.45) is 12.8 Å². The number of nitrogens with two attached hydrogens (primary N) is 1. The Labute approximate surface area is 130 Å². The van der Waals surface area contributed by atoms with Crippen LogP contribution in [0.15, 0.2) is 12.1 Å². The van der Waals surface area contributed by atoms with Crippen molar-refractivity contribution in [1.29, 1.82) is 0 Å². The molecule has 118 valence electrons. The molecule has 22 heavy (non-hydrogen) atoms. The third-order valence-electron chi connectivity index (χ3n) is 4.86. The molecule has 3 rings (SSSR count). The fourth-order valence-electron chi connectivity index (χ4n) is 3.42. The van der Waals surface area contributed by atoms with E-state index in [1.807, 2.05) is 14.0 Å². The number of fused-ring (bicyclic) bond motifs is 2. The first-order valence-electron chi connectivity index (χ1n) is 7.64. The highest BCUT2D eigenvalue weighted by Gasteiger charge is 2.26. The van der Waals surface area contributed by atoms with Crippen molar-refractivity contribution in [3.63, 3.8) is 0 Å². The van der Waals surface area contributed by atoms with Gasteiger partial charge in [0.25, 0.3) is 0 Å². The highest BCUT2D eigenvalue weighted by Crippen LogP contribution is 2.34. The van der Waals surface area contributed by atoms with Crippen LogP contribution in [0, 0.1) is 6.92 Å². The van der Waals surface area contributed by atoms with Crippen LogP contribution in [-0.4, -0.2) is 29.1 Å². The lowest BCUT2D eigenvalue weighted by Gasteiger charge is -2.11. The van der Waals surface area contributed by atoms with Gasteiger partial charge in [0.2, 0.25) is 0 Å². The molecule has 1 unspecified atom stereocenters. The third-order valence-corrected chi connectivity index (χ3v) is 4.86. The average molecular weight is 301 g/mol. The summed E-state index contributed by atoms with van der Waals surface area (Å²) in [5.74, 6) is -0.397. The van der Waals surface area contributed by atoms with Gasteiger partial charge in [-0.25, -0.2) is 0 Å². The predicted octanol–water partition coefficient (Wildman–Crippen LogP) is 2.00. The van der Waals surface area contributed by atoms with E-state index in [1.165, 1.54) is 18.2 Å². The fourth-order valence-corrected chi connectivity index (χ4v) is 3.42. The number of aromatic nitrogens is 1. The van der Waals surface area contributed by atoms with Crippen molar-refractivity contribution in [3.05, 3.63) is 34.5 Å². The molecule has 1 atom stereocenters. The minimum atomic E-state index is -0.740. The number of hydrogen-bond donors (Lipinski definition) is 1. The maximum atomic E-state index is 11.9. The van der Waals surface area contributed by atoms with E-state index in [2.05, 4.69) is 28.5 Å². The standard InChI is InChI=1S/C17H23N3O2/c1-5-20-8-11-6-13-14(7-12(11)9-20)19(3)10(2)15(13)16(18)17(21)22-4/h6-7,16H,5,8-9,18H2,1-4H3. The average Bonchev–Trinajstić information content (AvgIpc) is 3.03. The summed E-state index contributed by atoms with van der Waals surface area (Å²) < 4.78 is 6.94. The Kier molecular flexibility index (Phi) is 3.70. The lowest BCUT2D eigenvalue weighted by Crippen LogP contribution is -2.23. The van der Waals surface area contributed by atoms with Crippen LogP contribution in [0.3, 0.4) is 0 Å². The van der Waals surface area contributed by atoms with E-state index in [0.717, 1.165) is 41.8 Å². The van der Waals surface area contributed by atoms with Crippen LogP contribution >= 0.6 is 0 Å². The Morgan fingerprint density at radius 2 is 2.00 bits per heavy atom. The molecule has 0 aliphatic carbocycles. The molecule has 5 heteroatoms. The number of benzene rings is 1. The Hall–Kier alpha value is -1.85. The van der Waals surface area contributed by atoms with Gasteiger partial charge in [0.05, 0.1) is 7.11 Å². The molecule has 2 aromatic rings. The van der Waals surface area contributed by atoms with E-state index in [1.54, 1.807) is 0 Å². The maximum Gasteiger partial charge on any atom is 0.327 e. The topological polar surface area (TPSA) is 60.5 Å². The summed E-state index contributed by atoms with van der Waals surface area (Å²) in [7, 11) is 3.39. The van der Waals surface area contributed by atoms with Gasteiger partial charge in [0, 0.05) is 42.3 Å². The number of methoxy groups -OCH3 is 1. The molecule has 0 amide bonds. The number of hydrogen-bond acceptors (Lipinski definition) is 4. The summed E-state index contributed by atoms with van der Waals surface area (Å²) in [6, 6.07) is 3.70. The second-order valence-electron chi connectivity index (χ2n) is 6.00. The highest BCUT2D eigenvalue weighted by molar-refractivity contribution is 5.92. The molecule has 1 aromatic heterocycles. The molecule has 2 N–H and O–H groups in total. The Morgan fingerprint density at radius 1 is 1.36 bits per heavy atom. The summed E-state index contributed by atoms with van der Waals surface area (Å²) in [6.45, 7) is 7.17. The van der Waals surface area contributed by atoms with E-state index in [0.29, 0.717) is 0 Å². The lowest BCUT2D eigenvalue weighted by atomic mass is 10.0. The summed E-state index contributed by atoms with van der Waals surface area (Å²) >= 11 is 0. The second-order valence-corrected chi connectivity index (χ2v) is 6.00. The number of aryl methyl sites for hydroxylation is 1. The smallest absolute Gasteiger partial charge is 0.327 e. The number of esters is 1. The minimum Gasteiger partial charge on any atom is -0.468 e. The van der Waals surface area contributed by atoms with Crippen LogP contribution < -0.4 is 5.73 Å². The SMILES string of the molecule is CCN1Cc2cc3c(C(N)C(=O)OC)c(C)n(C)c3cc2C1. The van der Waals surface area contributed by atoms with Crippen molar-refractivity contribution in [1.82, 2.24) is 9.47 Å². The minimum absolute atomic E-state index is 0.397. The molecule has 0 saturated heterocycles. The number of nitrogens with zero attached hydrogens (tertiary/aromatic N) is 2. The number of carbonyl (C=O) groups is 1. The van der Waals surface area contributed by atoms with Gasteiger partial charge in [-0.05, 0) is 36.7 Å². The largest absolute Gasteiger partial charge is 0.468 e. The van der Waals surface area contributed by atoms with Crippen molar-refractivity contribution in [3.8, 4) is 0 Å².